The van der Waals surface area contributed by atoms with E-state index in [1.165, 1.54) is 19.2 Å². The fraction of sp³-hybridized carbons (Fsp3) is 0.133. The largest absolute Gasteiger partial charge is 0.324 e. The van der Waals surface area contributed by atoms with Crippen molar-refractivity contribution in [2.75, 3.05) is 18.9 Å². The molecule has 0 saturated carbocycles. The fourth-order valence-corrected chi connectivity index (χ4v) is 3.34. The molecule has 0 saturated heterocycles. The van der Waals surface area contributed by atoms with Crippen molar-refractivity contribution in [3.05, 3.63) is 59.1 Å². The molecule has 0 aromatic heterocycles. The van der Waals surface area contributed by atoms with Crippen molar-refractivity contribution in [2.24, 2.45) is 0 Å². The first-order chi connectivity index (χ1) is 10.4. The summed E-state index contributed by atoms with van der Waals surface area (Å²) >= 11 is 3.32. The number of halogens is 1. The molecule has 2 aromatic carbocycles. The van der Waals surface area contributed by atoms with Crippen molar-refractivity contribution in [3.63, 3.8) is 0 Å². The number of carbonyl (C=O) groups excluding carboxylic acids is 1. The van der Waals surface area contributed by atoms with Gasteiger partial charge in [0, 0.05) is 11.5 Å². The Labute approximate surface area is 138 Å². The summed E-state index contributed by atoms with van der Waals surface area (Å²) in [6.07, 6.45) is 0. The van der Waals surface area contributed by atoms with Crippen LogP contribution >= 0.6 is 15.9 Å². The average molecular weight is 383 g/mol. The number of likely N-dealkylation sites (N-methyl/N-ethyl adjacent to an activating group) is 1. The monoisotopic (exact) mass is 382 g/mol. The Balaban J connectivity index is 2.07. The standard InChI is InChI=1S/C15H15BrN2O3S/c1-18(22(20,21)12-7-3-2-4-8-12)11-15(19)17-14-10-6-5-9-13(14)16/h2-10H,11H2,1H3,(H,17,19). The average Bonchev–Trinajstić information content (AvgIpc) is 2.50. The molecular formula is C15H15BrN2O3S. The van der Waals surface area contributed by atoms with Crippen LogP contribution < -0.4 is 5.32 Å². The molecule has 0 aliphatic rings. The number of hydrogen-bond donors (Lipinski definition) is 1. The van der Waals surface area contributed by atoms with Crippen LogP contribution in [0.5, 0.6) is 0 Å². The van der Waals surface area contributed by atoms with Crippen molar-refractivity contribution >= 4 is 37.5 Å². The fourth-order valence-electron chi connectivity index (χ4n) is 1.81. The van der Waals surface area contributed by atoms with Crippen LogP contribution in [0.1, 0.15) is 0 Å². The Morgan fingerprint density at radius 2 is 1.68 bits per heavy atom. The van der Waals surface area contributed by atoms with Crippen LogP contribution in [-0.2, 0) is 14.8 Å². The van der Waals surface area contributed by atoms with Gasteiger partial charge in [0.1, 0.15) is 0 Å². The molecule has 0 aliphatic carbocycles. The minimum absolute atomic E-state index is 0.159. The first-order valence-corrected chi connectivity index (χ1v) is 8.70. The lowest BCUT2D eigenvalue weighted by molar-refractivity contribution is -0.116. The van der Waals surface area contributed by atoms with E-state index >= 15 is 0 Å². The van der Waals surface area contributed by atoms with Gasteiger partial charge >= 0.3 is 0 Å². The SMILES string of the molecule is CN(CC(=O)Nc1ccccc1Br)S(=O)(=O)c1ccccc1. The van der Waals surface area contributed by atoms with Gasteiger partial charge in [-0.15, -0.1) is 0 Å². The Hall–Kier alpha value is -1.70. The number of para-hydroxylation sites is 1. The van der Waals surface area contributed by atoms with Gasteiger partial charge in [-0.25, -0.2) is 8.42 Å². The summed E-state index contributed by atoms with van der Waals surface area (Å²) in [5.74, 6) is -0.408. The second kappa shape index (κ2) is 7.04. The third-order valence-corrected chi connectivity index (χ3v) is 5.47. The van der Waals surface area contributed by atoms with Crippen molar-refractivity contribution in [1.29, 1.82) is 0 Å². The molecule has 1 amide bonds. The van der Waals surface area contributed by atoms with Crippen molar-refractivity contribution in [2.45, 2.75) is 4.90 Å². The molecule has 116 valence electrons. The molecule has 2 rings (SSSR count). The molecule has 0 spiro atoms. The van der Waals surface area contributed by atoms with E-state index < -0.39 is 15.9 Å². The predicted molar refractivity (Wildman–Crippen MR) is 89.0 cm³/mol. The number of anilines is 1. The summed E-state index contributed by atoms with van der Waals surface area (Å²) in [4.78, 5) is 12.2. The maximum Gasteiger partial charge on any atom is 0.243 e. The number of nitrogens with zero attached hydrogens (tertiary/aromatic N) is 1. The van der Waals surface area contributed by atoms with E-state index in [0.717, 1.165) is 8.78 Å². The second-order valence-electron chi connectivity index (χ2n) is 4.60. The maximum atomic E-state index is 12.3. The molecule has 0 aliphatic heterocycles. The smallest absolute Gasteiger partial charge is 0.243 e. The van der Waals surface area contributed by atoms with E-state index in [1.807, 2.05) is 6.07 Å². The van der Waals surface area contributed by atoms with E-state index in [2.05, 4.69) is 21.2 Å². The van der Waals surface area contributed by atoms with Gasteiger partial charge in [-0.1, -0.05) is 30.3 Å². The van der Waals surface area contributed by atoms with Crippen LogP contribution in [0.25, 0.3) is 0 Å². The maximum absolute atomic E-state index is 12.3. The normalized spacial score (nSPS) is 11.4. The molecule has 0 unspecified atom stereocenters. The van der Waals surface area contributed by atoms with Crippen molar-refractivity contribution in [3.8, 4) is 0 Å². The number of rotatable bonds is 5. The number of nitrogens with one attached hydrogen (secondary N) is 1. The number of sulfonamides is 1. The molecule has 0 bridgehead atoms. The van der Waals surface area contributed by atoms with Gasteiger partial charge in [-0.3, -0.25) is 4.79 Å². The molecule has 0 atom stereocenters. The van der Waals surface area contributed by atoms with Crippen LogP contribution in [0.15, 0.2) is 64.0 Å². The Bertz CT molecular complexity index is 763. The van der Waals surface area contributed by atoms with E-state index in [4.69, 9.17) is 0 Å². The highest BCUT2D eigenvalue weighted by Gasteiger charge is 2.22. The lowest BCUT2D eigenvalue weighted by Gasteiger charge is -2.17. The van der Waals surface area contributed by atoms with Crippen LogP contribution in [0.2, 0.25) is 0 Å². The van der Waals surface area contributed by atoms with Gasteiger partial charge in [0.05, 0.1) is 17.1 Å². The molecule has 0 fully saturated rings. The summed E-state index contributed by atoms with van der Waals surface area (Å²) in [5, 5.41) is 2.67. The molecule has 1 N–H and O–H groups in total. The zero-order valence-electron chi connectivity index (χ0n) is 11.9. The number of amides is 1. The molecule has 0 radical (unpaired) electrons. The van der Waals surface area contributed by atoms with Gasteiger partial charge in [-0.05, 0) is 40.2 Å². The summed E-state index contributed by atoms with van der Waals surface area (Å²) in [5.41, 5.74) is 0.595. The molecule has 22 heavy (non-hydrogen) atoms. The molecule has 7 heteroatoms. The highest BCUT2D eigenvalue weighted by atomic mass is 79.9. The third-order valence-electron chi connectivity index (χ3n) is 2.97. The van der Waals surface area contributed by atoms with Crippen LogP contribution in [0, 0.1) is 0 Å². The number of carbonyl (C=O) groups is 1. The Morgan fingerprint density at radius 3 is 2.32 bits per heavy atom. The molecule has 5 nitrogen and oxygen atoms in total. The van der Waals surface area contributed by atoms with Crippen LogP contribution in [0.3, 0.4) is 0 Å². The topological polar surface area (TPSA) is 66.5 Å². The van der Waals surface area contributed by atoms with Gasteiger partial charge in [0.2, 0.25) is 15.9 Å². The molecular weight excluding hydrogens is 368 g/mol. The van der Waals surface area contributed by atoms with Gasteiger partial charge in [0.15, 0.2) is 0 Å². The van der Waals surface area contributed by atoms with Crippen LogP contribution in [-0.4, -0.2) is 32.2 Å². The first-order valence-electron chi connectivity index (χ1n) is 6.47. The van der Waals surface area contributed by atoms with E-state index in [0.29, 0.717) is 5.69 Å². The van der Waals surface area contributed by atoms with Crippen molar-refractivity contribution in [1.82, 2.24) is 4.31 Å². The minimum atomic E-state index is -3.68. The quantitative estimate of drug-likeness (QED) is 0.864. The van der Waals surface area contributed by atoms with E-state index in [-0.39, 0.29) is 11.4 Å². The summed E-state index contributed by atoms with van der Waals surface area (Å²) < 4.78 is 26.4. The zero-order valence-corrected chi connectivity index (χ0v) is 14.3. The molecule has 2 aromatic rings. The number of benzene rings is 2. The summed E-state index contributed by atoms with van der Waals surface area (Å²) in [7, 11) is -2.30. The van der Waals surface area contributed by atoms with E-state index in [1.54, 1.807) is 36.4 Å². The Kier molecular flexibility index (Phi) is 5.33. The highest BCUT2D eigenvalue weighted by Crippen LogP contribution is 2.21. The first kappa shape index (κ1) is 16.7. The highest BCUT2D eigenvalue weighted by molar-refractivity contribution is 9.10. The third kappa shape index (κ3) is 3.94. The van der Waals surface area contributed by atoms with Crippen molar-refractivity contribution < 1.29 is 13.2 Å². The van der Waals surface area contributed by atoms with Gasteiger partial charge < -0.3 is 5.32 Å². The molecule has 0 heterocycles. The van der Waals surface area contributed by atoms with Crippen LogP contribution in [0.4, 0.5) is 5.69 Å². The van der Waals surface area contributed by atoms with Gasteiger partial charge in [-0.2, -0.15) is 4.31 Å². The summed E-state index contributed by atoms with van der Waals surface area (Å²) in [6.45, 7) is -0.265. The number of hydrogen-bond acceptors (Lipinski definition) is 3. The Morgan fingerprint density at radius 1 is 1.09 bits per heavy atom. The summed E-state index contributed by atoms with van der Waals surface area (Å²) in [6, 6.07) is 15.1. The zero-order chi connectivity index (χ0) is 16.2. The lowest BCUT2D eigenvalue weighted by atomic mass is 10.3. The van der Waals surface area contributed by atoms with E-state index in [9.17, 15) is 13.2 Å². The second-order valence-corrected chi connectivity index (χ2v) is 7.50. The minimum Gasteiger partial charge on any atom is -0.324 e. The predicted octanol–water partition coefficient (Wildman–Crippen LogP) is 2.71. The van der Waals surface area contributed by atoms with Gasteiger partial charge in [0.25, 0.3) is 0 Å². The lowest BCUT2D eigenvalue weighted by Crippen LogP contribution is -2.35.